The second-order valence-corrected chi connectivity index (χ2v) is 9.66. The SMILES string of the molecule is COc1cc(CCN2CCN(S(=O)(=O)c3ccc4ccccc4c3)CC2)cc(OC)c1. The maximum atomic E-state index is 13.1. The highest BCUT2D eigenvalue weighted by atomic mass is 32.2. The quantitative estimate of drug-likeness (QED) is 0.564. The zero-order valence-corrected chi connectivity index (χ0v) is 18.8. The predicted molar refractivity (Wildman–Crippen MR) is 122 cm³/mol. The van der Waals surface area contributed by atoms with Gasteiger partial charge in [0.25, 0.3) is 0 Å². The van der Waals surface area contributed by atoms with Crippen molar-refractivity contribution in [3.05, 3.63) is 66.2 Å². The molecule has 6 nitrogen and oxygen atoms in total. The van der Waals surface area contributed by atoms with Gasteiger partial charge >= 0.3 is 0 Å². The minimum absolute atomic E-state index is 0.364. The van der Waals surface area contributed by atoms with Crippen LogP contribution in [0.5, 0.6) is 11.5 Å². The van der Waals surface area contributed by atoms with E-state index in [2.05, 4.69) is 4.90 Å². The second-order valence-electron chi connectivity index (χ2n) is 7.73. The van der Waals surface area contributed by atoms with Crippen LogP contribution in [0.3, 0.4) is 0 Å². The molecule has 0 saturated carbocycles. The summed E-state index contributed by atoms with van der Waals surface area (Å²) in [7, 11) is -0.195. The molecule has 0 aliphatic carbocycles. The molecular weight excluding hydrogens is 412 g/mol. The van der Waals surface area contributed by atoms with Crippen molar-refractivity contribution in [1.29, 1.82) is 0 Å². The molecule has 0 radical (unpaired) electrons. The second kappa shape index (κ2) is 9.26. The number of benzene rings is 3. The van der Waals surface area contributed by atoms with Gasteiger partial charge in [-0.1, -0.05) is 30.3 Å². The van der Waals surface area contributed by atoms with Gasteiger partial charge in [-0.15, -0.1) is 0 Å². The Morgan fingerprint density at radius 1 is 0.806 bits per heavy atom. The highest BCUT2D eigenvalue weighted by molar-refractivity contribution is 7.89. The Kier molecular flexibility index (Phi) is 6.46. The van der Waals surface area contributed by atoms with Gasteiger partial charge < -0.3 is 14.4 Å². The van der Waals surface area contributed by atoms with Gasteiger partial charge in [0.05, 0.1) is 19.1 Å². The van der Waals surface area contributed by atoms with Crippen molar-refractivity contribution < 1.29 is 17.9 Å². The molecule has 164 valence electrons. The van der Waals surface area contributed by atoms with Gasteiger partial charge in [-0.05, 0) is 47.0 Å². The van der Waals surface area contributed by atoms with Crippen molar-refractivity contribution in [2.75, 3.05) is 46.9 Å². The molecule has 0 N–H and O–H groups in total. The minimum atomic E-state index is -3.49. The first-order valence-electron chi connectivity index (χ1n) is 10.4. The summed E-state index contributed by atoms with van der Waals surface area (Å²) in [4.78, 5) is 2.67. The molecule has 1 aliphatic rings. The zero-order chi connectivity index (χ0) is 21.8. The van der Waals surface area contributed by atoms with Gasteiger partial charge in [0, 0.05) is 38.8 Å². The van der Waals surface area contributed by atoms with Crippen LogP contribution in [0.2, 0.25) is 0 Å². The summed E-state index contributed by atoms with van der Waals surface area (Å²) in [5.74, 6) is 1.56. The van der Waals surface area contributed by atoms with E-state index in [1.165, 1.54) is 0 Å². The van der Waals surface area contributed by atoms with Gasteiger partial charge in [-0.3, -0.25) is 0 Å². The van der Waals surface area contributed by atoms with Crippen molar-refractivity contribution >= 4 is 20.8 Å². The zero-order valence-electron chi connectivity index (χ0n) is 18.0. The first-order valence-corrected chi connectivity index (χ1v) is 11.9. The topological polar surface area (TPSA) is 59.1 Å². The lowest BCUT2D eigenvalue weighted by Gasteiger charge is -2.34. The lowest BCUT2D eigenvalue weighted by atomic mass is 10.1. The third-order valence-electron chi connectivity index (χ3n) is 5.82. The number of nitrogens with zero attached hydrogens (tertiary/aromatic N) is 2. The van der Waals surface area contributed by atoms with Crippen LogP contribution >= 0.6 is 0 Å². The van der Waals surface area contributed by atoms with E-state index in [0.29, 0.717) is 31.1 Å². The van der Waals surface area contributed by atoms with E-state index in [4.69, 9.17) is 9.47 Å². The normalized spacial score (nSPS) is 15.8. The molecule has 0 atom stereocenters. The van der Waals surface area contributed by atoms with E-state index in [1.54, 1.807) is 30.7 Å². The van der Waals surface area contributed by atoms with E-state index >= 15 is 0 Å². The summed E-state index contributed by atoms with van der Waals surface area (Å²) in [6.07, 6.45) is 0.852. The molecule has 31 heavy (non-hydrogen) atoms. The Morgan fingerprint density at radius 3 is 2.10 bits per heavy atom. The van der Waals surface area contributed by atoms with Crippen LogP contribution < -0.4 is 9.47 Å². The van der Waals surface area contributed by atoms with Gasteiger partial charge in [0.2, 0.25) is 10.0 Å². The number of hydrogen-bond donors (Lipinski definition) is 0. The number of fused-ring (bicyclic) bond motifs is 1. The molecule has 7 heteroatoms. The van der Waals surface area contributed by atoms with Crippen LogP contribution in [0.1, 0.15) is 5.56 Å². The maximum Gasteiger partial charge on any atom is 0.243 e. The minimum Gasteiger partial charge on any atom is -0.497 e. The third kappa shape index (κ3) is 4.84. The summed E-state index contributed by atoms with van der Waals surface area (Å²) >= 11 is 0. The predicted octanol–water partition coefficient (Wildman–Crippen LogP) is 3.41. The summed E-state index contributed by atoms with van der Waals surface area (Å²) in [5, 5.41) is 1.98. The molecule has 1 saturated heterocycles. The molecule has 0 spiro atoms. The van der Waals surface area contributed by atoms with E-state index in [-0.39, 0.29) is 0 Å². The highest BCUT2D eigenvalue weighted by Gasteiger charge is 2.28. The highest BCUT2D eigenvalue weighted by Crippen LogP contribution is 2.24. The van der Waals surface area contributed by atoms with E-state index < -0.39 is 10.0 Å². The molecule has 1 fully saturated rings. The maximum absolute atomic E-state index is 13.1. The molecule has 0 aromatic heterocycles. The molecular formula is C24H28N2O4S. The van der Waals surface area contributed by atoms with Crippen LogP contribution in [-0.4, -0.2) is 64.6 Å². The van der Waals surface area contributed by atoms with Gasteiger partial charge in [-0.25, -0.2) is 8.42 Å². The van der Waals surface area contributed by atoms with Gasteiger partial charge in [0.1, 0.15) is 11.5 Å². The Labute approximate surface area is 184 Å². The molecule has 1 aliphatic heterocycles. The first-order chi connectivity index (χ1) is 15.0. The number of rotatable bonds is 7. The van der Waals surface area contributed by atoms with Crippen LogP contribution in [-0.2, 0) is 16.4 Å². The summed E-state index contributed by atoms with van der Waals surface area (Å²) in [6.45, 7) is 3.29. The summed E-state index contributed by atoms with van der Waals surface area (Å²) in [5.41, 5.74) is 1.14. The van der Waals surface area contributed by atoms with Crippen LogP contribution in [0.4, 0.5) is 0 Å². The average molecular weight is 441 g/mol. The van der Waals surface area contributed by atoms with Crippen molar-refractivity contribution in [3.63, 3.8) is 0 Å². The van der Waals surface area contributed by atoms with Crippen molar-refractivity contribution in [3.8, 4) is 11.5 Å². The number of methoxy groups -OCH3 is 2. The number of sulfonamides is 1. The lowest BCUT2D eigenvalue weighted by molar-refractivity contribution is 0.190. The Hall–Kier alpha value is -2.61. The van der Waals surface area contributed by atoms with E-state index in [1.807, 2.05) is 48.5 Å². The van der Waals surface area contributed by atoms with E-state index in [9.17, 15) is 8.42 Å². The summed E-state index contributed by atoms with van der Waals surface area (Å²) < 4.78 is 38.6. The fraction of sp³-hybridized carbons (Fsp3) is 0.333. The molecule has 0 amide bonds. The first kappa shape index (κ1) is 21.6. The average Bonchev–Trinajstić information content (AvgIpc) is 2.82. The van der Waals surface area contributed by atoms with Crippen LogP contribution in [0.25, 0.3) is 10.8 Å². The number of piperazine rings is 1. The largest absolute Gasteiger partial charge is 0.497 e. The molecule has 1 heterocycles. The van der Waals surface area contributed by atoms with Crippen LogP contribution in [0.15, 0.2) is 65.6 Å². The standard InChI is InChI=1S/C24H28N2O4S/c1-29-22-15-19(16-23(18-22)30-2)9-10-25-11-13-26(14-12-25)31(27,28)24-8-7-20-5-3-4-6-21(20)17-24/h3-8,15-18H,9-14H2,1-2H3. The number of hydrogen-bond acceptors (Lipinski definition) is 5. The molecule has 0 unspecified atom stereocenters. The van der Waals surface area contributed by atoms with E-state index in [0.717, 1.165) is 40.8 Å². The van der Waals surface area contributed by atoms with Crippen molar-refractivity contribution in [1.82, 2.24) is 9.21 Å². The third-order valence-corrected chi connectivity index (χ3v) is 7.71. The van der Waals surface area contributed by atoms with Crippen molar-refractivity contribution in [2.24, 2.45) is 0 Å². The fourth-order valence-corrected chi connectivity index (χ4v) is 5.43. The van der Waals surface area contributed by atoms with Crippen molar-refractivity contribution in [2.45, 2.75) is 11.3 Å². The lowest BCUT2D eigenvalue weighted by Crippen LogP contribution is -2.48. The summed E-state index contributed by atoms with van der Waals surface area (Å²) in [6, 6.07) is 19.1. The molecule has 4 rings (SSSR count). The smallest absolute Gasteiger partial charge is 0.243 e. The number of ether oxygens (including phenoxy) is 2. The molecule has 0 bridgehead atoms. The Balaban J connectivity index is 1.37. The van der Waals surface area contributed by atoms with Crippen LogP contribution in [0, 0.1) is 0 Å². The monoisotopic (exact) mass is 440 g/mol. The van der Waals surface area contributed by atoms with Gasteiger partial charge in [-0.2, -0.15) is 4.31 Å². The Morgan fingerprint density at radius 2 is 1.45 bits per heavy atom. The molecule has 3 aromatic rings. The van der Waals surface area contributed by atoms with Gasteiger partial charge in [0.15, 0.2) is 0 Å². The Bertz CT molecular complexity index is 1130. The fourth-order valence-electron chi connectivity index (χ4n) is 3.97. The molecule has 3 aromatic carbocycles.